The second-order valence-electron chi connectivity index (χ2n) is 6.07. The van der Waals surface area contributed by atoms with E-state index in [0.717, 1.165) is 16.8 Å². The van der Waals surface area contributed by atoms with Crippen molar-refractivity contribution in [3.8, 4) is 11.1 Å². The number of halogens is 1. The first kappa shape index (κ1) is 15.3. The number of benzene rings is 1. The number of nitrogens with zero attached hydrogens (tertiary/aromatic N) is 5. The monoisotopic (exact) mass is 337 g/mol. The van der Waals surface area contributed by atoms with E-state index in [0.29, 0.717) is 16.6 Å². The third-order valence-electron chi connectivity index (χ3n) is 4.23. The highest BCUT2D eigenvalue weighted by atomic mass is 19.1. The molecule has 6 nitrogen and oxygen atoms in total. The van der Waals surface area contributed by atoms with Crippen LogP contribution in [0.1, 0.15) is 5.69 Å². The van der Waals surface area contributed by atoms with Gasteiger partial charge in [0.15, 0.2) is 5.65 Å². The minimum atomic E-state index is -0.291. The van der Waals surface area contributed by atoms with Crippen molar-refractivity contribution in [3.05, 3.63) is 64.6 Å². The number of hydrogen-bond acceptors (Lipinski definition) is 4. The lowest BCUT2D eigenvalue weighted by Gasteiger charge is -2.15. The molecule has 0 atom stereocenters. The Morgan fingerprint density at radius 3 is 2.52 bits per heavy atom. The van der Waals surface area contributed by atoms with Gasteiger partial charge < -0.3 is 5.01 Å². The Bertz CT molecular complexity index is 1160. The normalized spacial score (nSPS) is 11.4. The van der Waals surface area contributed by atoms with E-state index >= 15 is 0 Å². The molecule has 0 unspecified atom stereocenters. The van der Waals surface area contributed by atoms with E-state index < -0.39 is 0 Å². The van der Waals surface area contributed by atoms with Crippen LogP contribution in [0.2, 0.25) is 0 Å². The molecule has 0 N–H and O–H groups in total. The van der Waals surface area contributed by atoms with Crippen molar-refractivity contribution in [1.29, 1.82) is 0 Å². The first-order chi connectivity index (χ1) is 12.0. The van der Waals surface area contributed by atoms with Gasteiger partial charge in [0.25, 0.3) is 5.56 Å². The van der Waals surface area contributed by atoms with E-state index in [2.05, 4.69) is 10.1 Å². The standard InChI is InChI=1S/C18H16FN5O/c1-11-16(12-4-6-13(19)7-5-12)17-20-10-14-15(24(17)21-11)8-9-23(18(14)25)22(2)3/h4-10H,1-3H3. The minimum Gasteiger partial charge on any atom is -0.316 e. The van der Waals surface area contributed by atoms with Crippen LogP contribution in [-0.4, -0.2) is 33.4 Å². The predicted molar refractivity (Wildman–Crippen MR) is 94.9 cm³/mol. The summed E-state index contributed by atoms with van der Waals surface area (Å²) in [7, 11) is 3.59. The van der Waals surface area contributed by atoms with Gasteiger partial charge in [0.2, 0.25) is 0 Å². The van der Waals surface area contributed by atoms with Gasteiger partial charge in [-0.15, -0.1) is 0 Å². The molecule has 0 radical (unpaired) electrons. The average molecular weight is 337 g/mol. The van der Waals surface area contributed by atoms with Crippen LogP contribution < -0.4 is 10.6 Å². The van der Waals surface area contributed by atoms with Gasteiger partial charge in [0.05, 0.1) is 16.6 Å². The molecule has 3 aromatic heterocycles. The van der Waals surface area contributed by atoms with E-state index in [1.54, 1.807) is 48.1 Å². The zero-order valence-corrected chi connectivity index (χ0v) is 14.1. The van der Waals surface area contributed by atoms with E-state index in [-0.39, 0.29) is 11.4 Å². The van der Waals surface area contributed by atoms with Crippen LogP contribution >= 0.6 is 0 Å². The number of aryl methyl sites for hydroxylation is 1. The summed E-state index contributed by atoms with van der Waals surface area (Å²) < 4.78 is 16.4. The Labute approximate surface area is 142 Å². The van der Waals surface area contributed by atoms with Crippen LogP contribution in [0, 0.1) is 12.7 Å². The molecule has 1 aromatic carbocycles. The van der Waals surface area contributed by atoms with Crippen molar-refractivity contribution in [1.82, 2.24) is 19.3 Å². The molecule has 0 aliphatic carbocycles. The third kappa shape index (κ3) is 2.27. The highest BCUT2D eigenvalue weighted by Crippen LogP contribution is 2.28. The van der Waals surface area contributed by atoms with Crippen LogP contribution in [0.25, 0.3) is 27.7 Å². The molecule has 7 heteroatoms. The van der Waals surface area contributed by atoms with Crippen molar-refractivity contribution in [2.75, 3.05) is 19.1 Å². The molecular formula is C18H16FN5O. The number of hydrogen-bond donors (Lipinski definition) is 0. The molecule has 4 aromatic rings. The molecule has 0 fully saturated rings. The average Bonchev–Trinajstić information content (AvgIpc) is 2.92. The summed E-state index contributed by atoms with van der Waals surface area (Å²) in [6, 6.07) is 8.07. The second-order valence-corrected chi connectivity index (χ2v) is 6.07. The lowest BCUT2D eigenvalue weighted by molar-refractivity contribution is 0.628. The van der Waals surface area contributed by atoms with Gasteiger partial charge in [0, 0.05) is 32.1 Å². The highest BCUT2D eigenvalue weighted by molar-refractivity contribution is 5.86. The maximum Gasteiger partial charge on any atom is 0.279 e. The lowest BCUT2D eigenvalue weighted by atomic mass is 10.1. The zero-order valence-electron chi connectivity index (χ0n) is 14.1. The fourth-order valence-electron chi connectivity index (χ4n) is 3.04. The summed E-state index contributed by atoms with van der Waals surface area (Å²) in [6.07, 6.45) is 3.28. The maximum absolute atomic E-state index is 13.2. The first-order valence-electron chi connectivity index (χ1n) is 7.80. The quantitative estimate of drug-likeness (QED) is 0.563. The molecular weight excluding hydrogens is 321 g/mol. The van der Waals surface area contributed by atoms with Crippen molar-refractivity contribution < 1.29 is 4.39 Å². The summed E-state index contributed by atoms with van der Waals surface area (Å²) in [5.74, 6) is -0.291. The van der Waals surface area contributed by atoms with Gasteiger partial charge in [-0.25, -0.2) is 18.6 Å². The topological polar surface area (TPSA) is 55.4 Å². The molecule has 4 rings (SSSR count). The zero-order chi connectivity index (χ0) is 17.7. The van der Waals surface area contributed by atoms with Crippen molar-refractivity contribution in [2.24, 2.45) is 0 Å². The summed E-state index contributed by atoms with van der Waals surface area (Å²) in [5.41, 5.74) is 3.60. The summed E-state index contributed by atoms with van der Waals surface area (Å²) in [4.78, 5) is 17.1. The van der Waals surface area contributed by atoms with Gasteiger partial charge in [-0.2, -0.15) is 5.10 Å². The van der Waals surface area contributed by atoms with Crippen LogP contribution in [0.4, 0.5) is 4.39 Å². The molecule has 0 amide bonds. The largest absolute Gasteiger partial charge is 0.316 e. The molecule has 0 bridgehead atoms. The summed E-state index contributed by atoms with van der Waals surface area (Å²) in [6.45, 7) is 1.88. The van der Waals surface area contributed by atoms with E-state index in [1.807, 2.05) is 13.0 Å². The van der Waals surface area contributed by atoms with Gasteiger partial charge in [-0.05, 0) is 30.7 Å². The Balaban J connectivity index is 2.04. The first-order valence-corrected chi connectivity index (χ1v) is 7.80. The van der Waals surface area contributed by atoms with E-state index in [4.69, 9.17) is 0 Å². The summed E-state index contributed by atoms with van der Waals surface area (Å²) >= 11 is 0. The number of rotatable bonds is 2. The van der Waals surface area contributed by atoms with Crippen LogP contribution in [-0.2, 0) is 0 Å². The molecule has 126 valence electrons. The fraction of sp³-hybridized carbons (Fsp3) is 0.167. The number of aromatic nitrogens is 4. The number of pyridine rings is 1. The molecule has 3 heterocycles. The van der Waals surface area contributed by atoms with Crippen LogP contribution in [0.5, 0.6) is 0 Å². The van der Waals surface area contributed by atoms with Crippen molar-refractivity contribution in [3.63, 3.8) is 0 Å². The second kappa shape index (κ2) is 5.41. The molecule has 0 saturated carbocycles. The predicted octanol–water partition coefficient (Wildman–Crippen LogP) is 2.36. The maximum atomic E-state index is 13.2. The third-order valence-corrected chi connectivity index (χ3v) is 4.23. The van der Waals surface area contributed by atoms with Crippen molar-refractivity contribution in [2.45, 2.75) is 6.92 Å². The smallest absolute Gasteiger partial charge is 0.279 e. The Kier molecular flexibility index (Phi) is 3.31. The Morgan fingerprint density at radius 2 is 1.84 bits per heavy atom. The lowest BCUT2D eigenvalue weighted by Crippen LogP contribution is -2.35. The fourth-order valence-corrected chi connectivity index (χ4v) is 3.04. The van der Waals surface area contributed by atoms with Gasteiger partial charge in [-0.3, -0.25) is 4.79 Å². The molecule has 0 aliphatic rings. The molecule has 0 saturated heterocycles. The highest BCUT2D eigenvalue weighted by Gasteiger charge is 2.16. The summed E-state index contributed by atoms with van der Waals surface area (Å²) in [5, 5.41) is 6.74. The minimum absolute atomic E-state index is 0.159. The number of fused-ring (bicyclic) bond motifs is 3. The van der Waals surface area contributed by atoms with Crippen LogP contribution in [0.15, 0.2) is 47.5 Å². The van der Waals surface area contributed by atoms with E-state index in [9.17, 15) is 9.18 Å². The molecule has 0 spiro atoms. The van der Waals surface area contributed by atoms with Gasteiger partial charge in [0.1, 0.15) is 5.82 Å². The molecule has 25 heavy (non-hydrogen) atoms. The van der Waals surface area contributed by atoms with Crippen molar-refractivity contribution >= 4 is 16.6 Å². The van der Waals surface area contributed by atoms with Crippen LogP contribution in [0.3, 0.4) is 0 Å². The SMILES string of the molecule is Cc1nn2c(ncc3c(=O)n(N(C)C)ccc32)c1-c1ccc(F)cc1. The Morgan fingerprint density at radius 1 is 1.12 bits per heavy atom. The Hall–Kier alpha value is -3.22. The molecule has 0 aliphatic heterocycles. The van der Waals surface area contributed by atoms with Gasteiger partial charge in [-0.1, -0.05) is 12.1 Å². The van der Waals surface area contributed by atoms with Gasteiger partial charge >= 0.3 is 0 Å². The van der Waals surface area contributed by atoms with E-state index in [1.165, 1.54) is 16.8 Å².